The Bertz CT molecular complexity index is 775. The summed E-state index contributed by atoms with van der Waals surface area (Å²) in [6.07, 6.45) is 1.64. The van der Waals surface area contributed by atoms with Crippen LogP contribution in [0, 0.1) is 0 Å². The highest BCUT2D eigenvalue weighted by Crippen LogP contribution is 2.25. The summed E-state index contributed by atoms with van der Waals surface area (Å²) in [7, 11) is 0. The Balaban J connectivity index is 1.85. The van der Waals surface area contributed by atoms with E-state index in [1.54, 1.807) is 6.33 Å². The van der Waals surface area contributed by atoms with Crippen LogP contribution < -0.4 is 5.32 Å². The van der Waals surface area contributed by atoms with Crippen LogP contribution in [0.1, 0.15) is 19.4 Å². The van der Waals surface area contributed by atoms with Crippen molar-refractivity contribution in [3.63, 3.8) is 0 Å². The maximum atomic E-state index is 12.6. The Labute approximate surface area is 123 Å². The molecule has 0 aliphatic carbocycles. The minimum Gasteiger partial charge on any atom is -0.345 e. The monoisotopic (exact) mass is 279 g/mol. The second kappa shape index (κ2) is 5.05. The average molecular weight is 279 g/mol. The van der Waals surface area contributed by atoms with Crippen LogP contribution in [0.15, 0.2) is 54.9 Å². The highest BCUT2D eigenvalue weighted by molar-refractivity contribution is 5.99. The van der Waals surface area contributed by atoms with Crippen molar-refractivity contribution in [3.8, 4) is 0 Å². The number of aromatic nitrogens is 2. The van der Waals surface area contributed by atoms with Crippen molar-refractivity contribution in [2.24, 2.45) is 0 Å². The predicted octanol–water partition coefficient (Wildman–Crippen LogP) is 3.48. The zero-order valence-electron chi connectivity index (χ0n) is 12.1. The van der Waals surface area contributed by atoms with Crippen LogP contribution in [0.25, 0.3) is 11.0 Å². The zero-order valence-corrected chi connectivity index (χ0v) is 12.1. The molecule has 2 N–H and O–H groups in total. The Hall–Kier alpha value is -2.62. The van der Waals surface area contributed by atoms with E-state index in [1.165, 1.54) is 0 Å². The molecule has 0 radical (unpaired) electrons. The molecule has 0 saturated heterocycles. The van der Waals surface area contributed by atoms with Crippen molar-refractivity contribution in [1.82, 2.24) is 9.97 Å². The molecule has 1 amide bonds. The SMILES string of the molecule is CC(C)(C(=O)Nc1ccc2nc[nH]c2c1)c1ccccc1. The second-order valence-electron chi connectivity index (χ2n) is 5.58. The summed E-state index contributed by atoms with van der Waals surface area (Å²) >= 11 is 0. The number of carbonyl (C=O) groups is 1. The number of aromatic amines is 1. The molecule has 3 rings (SSSR count). The quantitative estimate of drug-likeness (QED) is 0.771. The van der Waals surface area contributed by atoms with Gasteiger partial charge in [0.05, 0.1) is 22.8 Å². The number of benzene rings is 2. The highest BCUT2D eigenvalue weighted by atomic mass is 16.2. The Kier molecular flexibility index (Phi) is 3.22. The van der Waals surface area contributed by atoms with Gasteiger partial charge < -0.3 is 10.3 Å². The number of anilines is 1. The molecular formula is C17H17N3O. The van der Waals surface area contributed by atoms with Crippen LogP contribution >= 0.6 is 0 Å². The van der Waals surface area contributed by atoms with E-state index in [2.05, 4.69) is 15.3 Å². The summed E-state index contributed by atoms with van der Waals surface area (Å²) in [6, 6.07) is 15.4. The highest BCUT2D eigenvalue weighted by Gasteiger charge is 2.29. The molecule has 1 heterocycles. The van der Waals surface area contributed by atoms with E-state index in [9.17, 15) is 4.79 Å². The molecule has 0 bridgehead atoms. The average Bonchev–Trinajstić information content (AvgIpc) is 2.95. The lowest BCUT2D eigenvalue weighted by Crippen LogP contribution is -2.34. The number of amides is 1. The molecule has 106 valence electrons. The molecule has 21 heavy (non-hydrogen) atoms. The lowest BCUT2D eigenvalue weighted by molar-refractivity contribution is -0.120. The van der Waals surface area contributed by atoms with Gasteiger partial charge in [0, 0.05) is 5.69 Å². The molecule has 0 aliphatic heterocycles. The molecule has 0 atom stereocenters. The minimum absolute atomic E-state index is 0.0347. The van der Waals surface area contributed by atoms with Gasteiger partial charge in [0.1, 0.15) is 0 Å². The molecule has 4 nitrogen and oxygen atoms in total. The van der Waals surface area contributed by atoms with Crippen molar-refractivity contribution in [2.45, 2.75) is 19.3 Å². The van der Waals surface area contributed by atoms with Gasteiger partial charge in [0.25, 0.3) is 0 Å². The molecule has 0 aliphatic rings. The number of rotatable bonds is 3. The maximum absolute atomic E-state index is 12.6. The number of hydrogen-bond donors (Lipinski definition) is 2. The lowest BCUT2D eigenvalue weighted by Gasteiger charge is -2.24. The number of H-pyrrole nitrogens is 1. The topological polar surface area (TPSA) is 57.8 Å². The van der Waals surface area contributed by atoms with Crippen LogP contribution in [-0.4, -0.2) is 15.9 Å². The first-order chi connectivity index (χ1) is 10.1. The summed E-state index contributed by atoms with van der Waals surface area (Å²) in [5.41, 5.74) is 2.95. The summed E-state index contributed by atoms with van der Waals surface area (Å²) in [5, 5.41) is 2.98. The first-order valence-electron chi connectivity index (χ1n) is 6.87. The van der Waals surface area contributed by atoms with Gasteiger partial charge in [-0.2, -0.15) is 0 Å². The van der Waals surface area contributed by atoms with Crippen molar-refractivity contribution in [3.05, 3.63) is 60.4 Å². The molecule has 4 heteroatoms. The number of nitrogens with one attached hydrogen (secondary N) is 2. The number of fused-ring (bicyclic) bond motifs is 1. The minimum atomic E-state index is -0.593. The van der Waals surface area contributed by atoms with E-state index >= 15 is 0 Å². The normalized spacial score (nSPS) is 11.5. The molecule has 3 aromatic rings. The van der Waals surface area contributed by atoms with Gasteiger partial charge in [-0.25, -0.2) is 4.98 Å². The summed E-state index contributed by atoms with van der Waals surface area (Å²) in [5.74, 6) is -0.0347. The molecule has 1 aromatic heterocycles. The Morgan fingerprint density at radius 2 is 1.90 bits per heavy atom. The molecular weight excluding hydrogens is 262 g/mol. The third kappa shape index (κ3) is 2.52. The van der Waals surface area contributed by atoms with Gasteiger partial charge in [-0.15, -0.1) is 0 Å². The van der Waals surface area contributed by atoms with Crippen molar-refractivity contribution in [2.75, 3.05) is 5.32 Å². The van der Waals surface area contributed by atoms with E-state index in [0.29, 0.717) is 0 Å². The predicted molar refractivity (Wildman–Crippen MR) is 84.2 cm³/mol. The fraction of sp³-hybridized carbons (Fsp3) is 0.176. The molecule has 0 unspecified atom stereocenters. The summed E-state index contributed by atoms with van der Waals surface area (Å²) < 4.78 is 0. The van der Waals surface area contributed by atoms with Gasteiger partial charge in [0.15, 0.2) is 0 Å². The molecule has 0 spiro atoms. The van der Waals surface area contributed by atoms with Gasteiger partial charge in [-0.3, -0.25) is 4.79 Å². The van der Waals surface area contributed by atoms with Gasteiger partial charge >= 0.3 is 0 Å². The number of imidazole rings is 1. The van der Waals surface area contributed by atoms with Crippen molar-refractivity contribution < 1.29 is 4.79 Å². The third-order valence-corrected chi connectivity index (χ3v) is 3.74. The van der Waals surface area contributed by atoms with Crippen molar-refractivity contribution in [1.29, 1.82) is 0 Å². The van der Waals surface area contributed by atoms with Crippen LogP contribution in [0.4, 0.5) is 5.69 Å². The first-order valence-corrected chi connectivity index (χ1v) is 6.87. The van der Waals surface area contributed by atoms with Gasteiger partial charge in [-0.1, -0.05) is 30.3 Å². The standard InChI is InChI=1S/C17H17N3O/c1-17(2,12-6-4-3-5-7-12)16(21)20-13-8-9-14-15(10-13)19-11-18-14/h3-11H,1-2H3,(H,18,19)(H,20,21). The van der Waals surface area contributed by atoms with Gasteiger partial charge in [0.2, 0.25) is 5.91 Å². The number of hydrogen-bond acceptors (Lipinski definition) is 2. The van der Waals surface area contributed by atoms with E-state index in [-0.39, 0.29) is 5.91 Å². The third-order valence-electron chi connectivity index (χ3n) is 3.74. The van der Waals surface area contributed by atoms with Crippen LogP contribution in [0.2, 0.25) is 0 Å². The van der Waals surface area contributed by atoms with E-state index in [1.807, 2.05) is 62.4 Å². The Morgan fingerprint density at radius 1 is 1.14 bits per heavy atom. The summed E-state index contributed by atoms with van der Waals surface area (Å²) in [6.45, 7) is 3.85. The summed E-state index contributed by atoms with van der Waals surface area (Å²) in [4.78, 5) is 19.8. The number of nitrogens with zero attached hydrogens (tertiary/aromatic N) is 1. The van der Waals surface area contributed by atoms with E-state index in [0.717, 1.165) is 22.3 Å². The zero-order chi connectivity index (χ0) is 14.9. The van der Waals surface area contributed by atoms with Gasteiger partial charge in [-0.05, 0) is 37.6 Å². The van der Waals surface area contributed by atoms with E-state index in [4.69, 9.17) is 0 Å². The smallest absolute Gasteiger partial charge is 0.234 e. The van der Waals surface area contributed by atoms with E-state index < -0.39 is 5.41 Å². The molecule has 2 aromatic carbocycles. The Morgan fingerprint density at radius 3 is 2.67 bits per heavy atom. The molecule has 0 saturated carbocycles. The van der Waals surface area contributed by atoms with Crippen LogP contribution in [0.5, 0.6) is 0 Å². The second-order valence-corrected chi connectivity index (χ2v) is 5.58. The fourth-order valence-corrected chi connectivity index (χ4v) is 2.29. The maximum Gasteiger partial charge on any atom is 0.234 e. The number of carbonyl (C=O) groups excluding carboxylic acids is 1. The lowest BCUT2D eigenvalue weighted by atomic mass is 9.83. The fourth-order valence-electron chi connectivity index (χ4n) is 2.29. The molecule has 0 fully saturated rings. The van der Waals surface area contributed by atoms with Crippen LogP contribution in [-0.2, 0) is 10.2 Å². The largest absolute Gasteiger partial charge is 0.345 e. The van der Waals surface area contributed by atoms with Crippen molar-refractivity contribution >= 4 is 22.6 Å². The first kappa shape index (κ1) is 13.4. The van der Waals surface area contributed by atoms with Crippen LogP contribution in [0.3, 0.4) is 0 Å².